The topological polar surface area (TPSA) is 38.0 Å². The van der Waals surface area contributed by atoms with Gasteiger partial charge in [0.1, 0.15) is 0 Å². The van der Waals surface area contributed by atoms with Crippen molar-refractivity contribution >= 4 is 0 Å². The summed E-state index contributed by atoms with van der Waals surface area (Å²) in [6.45, 7) is 2.06. The fraction of sp³-hybridized carbons (Fsp3) is 0.333. The van der Waals surface area contributed by atoms with Crippen molar-refractivity contribution < 1.29 is 0 Å². The molecule has 1 atom stereocenters. The highest BCUT2D eigenvalue weighted by Crippen LogP contribution is 2.11. The van der Waals surface area contributed by atoms with Crippen LogP contribution in [0.1, 0.15) is 17.3 Å². The zero-order valence-corrected chi connectivity index (χ0v) is 6.96. The quantitative estimate of drug-likeness (QED) is 0.621. The number of nitrogens with one attached hydrogen (secondary N) is 1. The minimum absolute atomic E-state index is 0.0452. The number of hydrogen-bond donors (Lipinski definition) is 2. The van der Waals surface area contributed by atoms with Gasteiger partial charge in [0.25, 0.3) is 0 Å². The summed E-state index contributed by atoms with van der Waals surface area (Å²) in [6.07, 6.45) is -0.0452. The van der Waals surface area contributed by atoms with Crippen LogP contribution >= 0.6 is 0 Å². The summed E-state index contributed by atoms with van der Waals surface area (Å²) in [4.78, 5) is 0. The third-order valence-electron chi connectivity index (χ3n) is 1.83. The van der Waals surface area contributed by atoms with E-state index in [9.17, 15) is 0 Å². The van der Waals surface area contributed by atoms with Gasteiger partial charge in [-0.05, 0) is 25.1 Å². The molecule has 0 saturated heterocycles. The highest BCUT2D eigenvalue weighted by molar-refractivity contribution is 5.27. The van der Waals surface area contributed by atoms with Gasteiger partial charge < -0.3 is 11.1 Å². The van der Waals surface area contributed by atoms with Crippen molar-refractivity contribution in [1.29, 1.82) is 0 Å². The van der Waals surface area contributed by atoms with E-state index in [2.05, 4.69) is 18.3 Å². The summed E-state index contributed by atoms with van der Waals surface area (Å²) in [7, 11) is 1.86. The van der Waals surface area contributed by atoms with E-state index in [1.807, 2.05) is 25.2 Å². The second-order valence-electron chi connectivity index (χ2n) is 2.62. The zero-order valence-electron chi connectivity index (χ0n) is 6.96. The van der Waals surface area contributed by atoms with Crippen LogP contribution in [0.4, 0.5) is 0 Å². The smallest absolute Gasteiger partial charge is 0.0810 e. The molecule has 0 spiro atoms. The lowest BCUT2D eigenvalue weighted by molar-refractivity contribution is 0.619. The predicted octanol–water partition coefficient (Wildman–Crippen LogP) is 1.17. The highest BCUT2D eigenvalue weighted by atomic mass is 15.0. The van der Waals surface area contributed by atoms with E-state index >= 15 is 0 Å². The molecule has 2 heteroatoms. The average molecular weight is 150 g/mol. The van der Waals surface area contributed by atoms with Gasteiger partial charge in [-0.15, -0.1) is 0 Å². The Bertz CT molecular complexity index is 233. The maximum Gasteiger partial charge on any atom is 0.0810 e. The van der Waals surface area contributed by atoms with Crippen molar-refractivity contribution in [2.45, 2.75) is 13.1 Å². The molecule has 1 unspecified atom stereocenters. The number of nitrogens with two attached hydrogens (primary N) is 1. The first-order valence-electron chi connectivity index (χ1n) is 3.74. The van der Waals surface area contributed by atoms with Gasteiger partial charge in [-0.25, -0.2) is 0 Å². The maximum atomic E-state index is 5.78. The van der Waals surface area contributed by atoms with Crippen LogP contribution < -0.4 is 11.1 Å². The first-order valence-corrected chi connectivity index (χ1v) is 3.74. The van der Waals surface area contributed by atoms with Crippen LogP contribution in [0.5, 0.6) is 0 Å². The summed E-state index contributed by atoms with van der Waals surface area (Å²) >= 11 is 0. The Labute approximate surface area is 67.4 Å². The van der Waals surface area contributed by atoms with Gasteiger partial charge in [0, 0.05) is 0 Å². The summed E-state index contributed by atoms with van der Waals surface area (Å²) in [5.41, 5.74) is 8.18. The largest absolute Gasteiger partial charge is 0.312 e. The van der Waals surface area contributed by atoms with Crippen molar-refractivity contribution in [3.63, 3.8) is 0 Å². The summed E-state index contributed by atoms with van der Waals surface area (Å²) in [6, 6.07) is 8.11. The van der Waals surface area contributed by atoms with E-state index in [0.29, 0.717) is 0 Å². The molecule has 1 aromatic carbocycles. The van der Waals surface area contributed by atoms with E-state index in [1.165, 1.54) is 5.56 Å². The van der Waals surface area contributed by atoms with Gasteiger partial charge in [0.05, 0.1) is 6.17 Å². The van der Waals surface area contributed by atoms with E-state index < -0.39 is 0 Å². The van der Waals surface area contributed by atoms with Crippen molar-refractivity contribution in [2.24, 2.45) is 5.73 Å². The van der Waals surface area contributed by atoms with Gasteiger partial charge >= 0.3 is 0 Å². The molecule has 1 rings (SSSR count). The van der Waals surface area contributed by atoms with Crippen LogP contribution in [-0.4, -0.2) is 7.05 Å². The molecule has 0 aliphatic heterocycles. The fourth-order valence-electron chi connectivity index (χ4n) is 1.09. The normalized spacial score (nSPS) is 13.0. The first-order chi connectivity index (χ1) is 5.25. The predicted molar refractivity (Wildman–Crippen MR) is 47.2 cm³/mol. The molecular weight excluding hydrogens is 136 g/mol. The molecule has 1 aromatic rings. The second kappa shape index (κ2) is 3.51. The van der Waals surface area contributed by atoms with Crippen LogP contribution in [0, 0.1) is 6.92 Å². The molecule has 0 aliphatic rings. The Hall–Kier alpha value is -0.860. The minimum atomic E-state index is -0.0452. The zero-order chi connectivity index (χ0) is 8.27. The molecule has 0 amide bonds. The number of rotatable bonds is 2. The Morgan fingerprint density at radius 2 is 2.00 bits per heavy atom. The molecule has 0 fully saturated rings. The van der Waals surface area contributed by atoms with Crippen molar-refractivity contribution in [3.05, 3.63) is 35.4 Å². The molecule has 0 aliphatic carbocycles. The van der Waals surface area contributed by atoms with E-state index in [1.54, 1.807) is 0 Å². The molecular formula is C9H14N2. The Morgan fingerprint density at radius 3 is 2.55 bits per heavy atom. The van der Waals surface area contributed by atoms with Gasteiger partial charge in [-0.3, -0.25) is 0 Å². The maximum absolute atomic E-state index is 5.78. The van der Waals surface area contributed by atoms with Crippen molar-refractivity contribution in [2.75, 3.05) is 7.05 Å². The van der Waals surface area contributed by atoms with Crippen molar-refractivity contribution in [1.82, 2.24) is 5.32 Å². The monoisotopic (exact) mass is 150 g/mol. The molecule has 0 saturated carbocycles. The molecule has 0 aromatic heterocycles. The second-order valence-corrected chi connectivity index (χ2v) is 2.62. The van der Waals surface area contributed by atoms with Crippen LogP contribution in [0.2, 0.25) is 0 Å². The van der Waals surface area contributed by atoms with Crippen LogP contribution in [0.3, 0.4) is 0 Å². The van der Waals surface area contributed by atoms with Crippen LogP contribution in [0.15, 0.2) is 24.3 Å². The Kier molecular flexibility index (Phi) is 2.63. The standard InChI is InChI=1S/C9H14N2/c1-7-5-3-4-6-8(7)9(10)11-2/h3-6,9,11H,10H2,1-2H3. The summed E-state index contributed by atoms with van der Waals surface area (Å²) < 4.78 is 0. The van der Waals surface area contributed by atoms with E-state index in [-0.39, 0.29) is 6.17 Å². The molecule has 0 heterocycles. The fourth-order valence-corrected chi connectivity index (χ4v) is 1.09. The molecule has 0 radical (unpaired) electrons. The molecule has 60 valence electrons. The van der Waals surface area contributed by atoms with E-state index in [0.717, 1.165) is 5.56 Å². The van der Waals surface area contributed by atoms with Crippen LogP contribution in [0.25, 0.3) is 0 Å². The number of aryl methyl sites for hydroxylation is 1. The first kappa shape index (κ1) is 8.24. The van der Waals surface area contributed by atoms with Crippen molar-refractivity contribution in [3.8, 4) is 0 Å². The van der Waals surface area contributed by atoms with Crippen LogP contribution in [-0.2, 0) is 0 Å². The highest BCUT2D eigenvalue weighted by Gasteiger charge is 2.03. The van der Waals surface area contributed by atoms with Gasteiger partial charge in [-0.1, -0.05) is 24.3 Å². The molecule has 3 N–H and O–H groups in total. The number of hydrogen-bond acceptors (Lipinski definition) is 2. The van der Waals surface area contributed by atoms with Gasteiger partial charge in [-0.2, -0.15) is 0 Å². The number of benzene rings is 1. The molecule has 2 nitrogen and oxygen atoms in total. The average Bonchev–Trinajstić information content (AvgIpc) is 2.04. The SMILES string of the molecule is CNC(N)c1ccccc1C. The summed E-state index contributed by atoms with van der Waals surface area (Å²) in [5.74, 6) is 0. The lowest BCUT2D eigenvalue weighted by atomic mass is 10.1. The summed E-state index contributed by atoms with van der Waals surface area (Å²) in [5, 5.41) is 3.00. The molecule has 0 bridgehead atoms. The third-order valence-corrected chi connectivity index (χ3v) is 1.83. The van der Waals surface area contributed by atoms with E-state index in [4.69, 9.17) is 5.73 Å². The van der Waals surface area contributed by atoms with Gasteiger partial charge in [0.2, 0.25) is 0 Å². The third kappa shape index (κ3) is 1.79. The lowest BCUT2D eigenvalue weighted by Crippen LogP contribution is -2.25. The minimum Gasteiger partial charge on any atom is -0.312 e. The lowest BCUT2D eigenvalue weighted by Gasteiger charge is -2.12. The molecule has 11 heavy (non-hydrogen) atoms. The van der Waals surface area contributed by atoms with Gasteiger partial charge in [0.15, 0.2) is 0 Å². The Morgan fingerprint density at radius 1 is 1.36 bits per heavy atom. The Balaban J connectivity index is 2.93.